The summed E-state index contributed by atoms with van der Waals surface area (Å²) >= 11 is 4.41. The molecule has 0 radical (unpaired) electrons. The monoisotopic (exact) mass is 381 g/mol. The van der Waals surface area contributed by atoms with Crippen LogP contribution >= 0.6 is 12.2 Å². The Morgan fingerprint density at radius 3 is 2.44 bits per heavy atom. The highest BCUT2D eigenvalue weighted by molar-refractivity contribution is 7.78. The Labute approximate surface area is 164 Å². The number of aryl methyl sites for hydroxylation is 1. The van der Waals surface area contributed by atoms with Crippen molar-refractivity contribution in [2.24, 2.45) is 4.99 Å². The van der Waals surface area contributed by atoms with Crippen LogP contribution in [0.25, 0.3) is 0 Å². The number of aliphatic imine (C=N–C) groups is 1. The summed E-state index contributed by atoms with van der Waals surface area (Å²) in [5, 5.41) is 1.99. The molecule has 2 aromatic rings. The molecule has 0 heterocycles. The van der Waals surface area contributed by atoms with Gasteiger partial charge in [-0.2, -0.15) is 4.99 Å². The molecule has 0 bridgehead atoms. The molecule has 4 heteroatoms. The van der Waals surface area contributed by atoms with Gasteiger partial charge in [0.15, 0.2) is 11.6 Å². The van der Waals surface area contributed by atoms with E-state index in [1.54, 1.807) is 0 Å². The Morgan fingerprint density at radius 2 is 1.81 bits per heavy atom. The van der Waals surface area contributed by atoms with Crippen LogP contribution in [0.2, 0.25) is 0 Å². The summed E-state index contributed by atoms with van der Waals surface area (Å²) in [6.07, 6.45) is 7.09. The smallest absolute Gasteiger partial charge is 0.153 e. The van der Waals surface area contributed by atoms with Crippen LogP contribution < -0.4 is 0 Å². The van der Waals surface area contributed by atoms with E-state index in [4.69, 9.17) is 0 Å². The van der Waals surface area contributed by atoms with Crippen molar-refractivity contribution in [2.75, 3.05) is 0 Å². The molecule has 0 unspecified atom stereocenters. The number of isothiocyanates is 1. The molecular formula is C23H21F2NS. The number of unbranched alkanes of at least 4 members (excludes halogenated alkanes) is 2. The van der Waals surface area contributed by atoms with Gasteiger partial charge in [-0.3, -0.25) is 0 Å². The van der Waals surface area contributed by atoms with E-state index in [1.807, 2.05) is 11.2 Å². The molecule has 1 saturated carbocycles. The van der Waals surface area contributed by atoms with Crippen molar-refractivity contribution < 1.29 is 8.78 Å². The van der Waals surface area contributed by atoms with Gasteiger partial charge in [0.2, 0.25) is 0 Å². The number of hydrogen-bond acceptors (Lipinski definition) is 2. The van der Waals surface area contributed by atoms with Gasteiger partial charge in [0, 0.05) is 11.1 Å². The van der Waals surface area contributed by atoms with Crippen molar-refractivity contribution in [1.29, 1.82) is 0 Å². The van der Waals surface area contributed by atoms with Gasteiger partial charge in [0.1, 0.15) is 5.69 Å². The third kappa shape index (κ3) is 5.10. The zero-order valence-corrected chi connectivity index (χ0v) is 16.1. The average Bonchev–Trinajstić information content (AvgIpc) is 3.49. The second-order valence-electron chi connectivity index (χ2n) is 6.89. The molecule has 138 valence electrons. The van der Waals surface area contributed by atoms with E-state index in [9.17, 15) is 8.78 Å². The lowest BCUT2D eigenvalue weighted by Gasteiger charge is -2.07. The molecular weight excluding hydrogens is 360 g/mol. The minimum atomic E-state index is -0.787. The first-order valence-electron chi connectivity index (χ1n) is 9.34. The van der Waals surface area contributed by atoms with Crippen molar-refractivity contribution >= 4 is 23.1 Å². The number of halogens is 2. The van der Waals surface area contributed by atoms with Gasteiger partial charge in [-0.05, 0) is 73.1 Å². The van der Waals surface area contributed by atoms with Crippen LogP contribution in [0.3, 0.4) is 0 Å². The predicted molar refractivity (Wildman–Crippen MR) is 109 cm³/mol. The van der Waals surface area contributed by atoms with Crippen LogP contribution in [0.1, 0.15) is 67.2 Å². The molecule has 1 fully saturated rings. The maximum absolute atomic E-state index is 14.0. The van der Waals surface area contributed by atoms with Gasteiger partial charge in [-0.1, -0.05) is 43.7 Å². The standard InChI is InChI=1S/C23H21F2NS/c1-2-3-4-5-16-6-8-18(20(12-16)19-10-11-19)9-7-17-13-21(24)23(26-15-27)22(25)14-17/h6,8,12-14,19H,2-5,10-11H2,1H3. The van der Waals surface area contributed by atoms with Crippen molar-refractivity contribution in [3.05, 3.63) is 64.2 Å². The van der Waals surface area contributed by atoms with Crippen LogP contribution in [-0.2, 0) is 6.42 Å². The SMILES string of the molecule is CCCCCc1ccc(C#Cc2cc(F)c(N=C=S)c(F)c2)c(C2CC2)c1. The topological polar surface area (TPSA) is 12.4 Å². The first-order chi connectivity index (χ1) is 13.1. The van der Waals surface area contributed by atoms with Gasteiger partial charge in [-0.15, -0.1) is 0 Å². The van der Waals surface area contributed by atoms with Gasteiger partial charge < -0.3 is 0 Å². The van der Waals surface area contributed by atoms with Crippen LogP contribution in [0, 0.1) is 23.5 Å². The van der Waals surface area contributed by atoms with E-state index in [-0.39, 0.29) is 5.56 Å². The molecule has 2 aromatic carbocycles. The first kappa shape index (κ1) is 19.4. The number of nitrogens with zero attached hydrogens (tertiary/aromatic N) is 1. The summed E-state index contributed by atoms with van der Waals surface area (Å²) in [7, 11) is 0. The van der Waals surface area contributed by atoms with Crippen LogP contribution in [0.15, 0.2) is 35.3 Å². The Balaban J connectivity index is 1.87. The normalized spacial score (nSPS) is 12.9. The quantitative estimate of drug-likeness (QED) is 0.234. The molecule has 0 aromatic heterocycles. The summed E-state index contributed by atoms with van der Waals surface area (Å²) in [6, 6.07) is 8.77. The third-order valence-corrected chi connectivity index (χ3v) is 4.81. The van der Waals surface area contributed by atoms with Crippen molar-refractivity contribution in [3.8, 4) is 11.8 Å². The minimum Gasteiger partial charge on any atom is -0.204 e. The van der Waals surface area contributed by atoms with Crippen LogP contribution in [0.5, 0.6) is 0 Å². The summed E-state index contributed by atoms with van der Waals surface area (Å²) in [6.45, 7) is 2.20. The van der Waals surface area contributed by atoms with Crippen molar-refractivity contribution in [2.45, 2.75) is 51.4 Å². The number of hydrogen-bond donors (Lipinski definition) is 0. The highest BCUT2D eigenvalue weighted by Gasteiger charge is 2.25. The third-order valence-electron chi connectivity index (χ3n) is 4.72. The molecule has 0 amide bonds. The fraction of sp³-hybridized carbons (Fsp3) is 0.348. The highest BCUT2D eigenvalue weighted by Crippen LogP contribution is 2.42. The molecule has 0 saturated heterocycles. The molecule has 3 rings (SSSR count). The summed E-state index contributed by atoms with van der Waals surface area (Å²) in [5.41, 5.74) is 3.40. The number of benzene rings is 2. The van der Waals surface area contributed by atoms with E-state index in [2.05, 4.69) is 48.1 Å². The Bertz CT molecular complexity index is 922. The molecule has 0 spiro atoms. The molecule has 0 atom stereocenters. The zero-order chi connectivity index (χ0) is 19.2. The van der Waals surface area contributed by atoms with E-state index >= 15 is 0 Å². The predicted octanol–water partition coefficient (Wildman–Crippen LogP) is 6.71. The molecule has 1 aliphatic carbocycles. The second kappa shape index (κ2) is 9.04. The largest absolute Gasteiger partial charge is 0.204 e. The minimum absolute atomic E-state index is 0.280. The van der Waals surface area contributed by atoms with E-state index in [1.165, 1.54) is 55.4 Å². The lowest BCUT2D eigenvalue weighted by atomic mass is 9.97. The Morgan fingerprint density at radius 1 is 1.07 bits per heavy atom. The van der Waals surface area contributed by atoms with Gasteiger partial charge in [0.05, 0.1) is 5.16 Å². The molecule has 0 N–H and O–H groups in total. The Hall–Kier alpha value is -2.34. The molecule has 27 heavy (non-hydrogen) atoms. The summed E-state index contributed by atoms with van der Waals surface area (Å²) < 4.78 is 27.9. The maximum atomic E-state index is 14.0. The van der Waals surface area contributed by atoms with Crippen molar-refractivity contribution in [3.63, 3.8) is 0 Å². The van der Waals surface area contributed by atoms with Crippen LogP contribution in [-0.4, -0.2) is 5.16 Å². The lowest BCUT2D eigenvalue weighted by Crippen LogP contribution is -1.93. The second-order valence-corrected chi connectivity index (χ2v) is 7.08. The number of rotatable bonds is 6. The zero-order valence-electron chi connectivity index (χ0n) is 15.3. The first-order valence-corrected chi connectivity index (χ1v) is 9.75. The Kier molecular flexibility index (Phi) is 6.50. The van der Waals surface area contributed by atoms with Gasteiger partial charge in [0.25, 0.3) is 0 Å². The maximum Gasteiger partial charge on any atom is 0.153 e. The van der Waals surface area contributed by atoms with Gasteiger partial charge >= 0.3 is 0 Å². The van der Waals surface area contributed by atoms with Crippen LogP contribution in [0.4, 0.5) is 14.5 Å². The van der Waals surface area contributed by atoms with Gasteiger partial charge in [-0.25, -0.2) is 8.78 Å². The summed E-state index contributed by atoms with van der Waals surface area (Å²) in [5.74, 6) is 4.98. The van der Waals surface area contributed by atoms with Crippen molar-refractivity contribution in [1.82, 2.24) is 0 Å². The highest BCUT2D eigenvalue weighted by atomic mass is 32.1. The van der Waals surface area contributed by atoms with E-state index < -0.39 is 17.3 Å². The molecule has 1 nitrogen and oxygen atoms in total. The number of thiocarbonyl (C=S) groups is 1. The molecule has 0 aliphatic heterocycles. The lowest BCUT2D eigenvalue weighted by molar-refractivity contribution is 0.587. The summed E-state index contributed by atoms with van der Waals surface area (Å²) in [4.78, 5) is 3.42. The molecule has 1 aliphatic rings. The van der Waals surface area contributed by atoms with E-state index in [0.29, 0.717) is 5.92 Å². The van der Waals surface area contributed by atoms with E-state index in [0.717, 1.165) is 12.0 Å². The average molecular weight is 381 g/mol. The fourth-order valence-corrected chi connectivity index (χ4v) is 3.21. The fourth-order valence-electron chi connectivity index (χ4n) is 3.12.